The highest BCUT2D eigenvalue weighted by molar-refractivity contribution is 5.99. The molecule has 0 aromatic heterocycles. The first-order chi connectivity index (χ1) is 21.9. The van der Waals surface area contributed by atoms with E-state index in [9.17, 15) is 9.59 Å². The molecule has 1 aliphatic heterocycles. The van der Waals surface area contributed by atoms with Crippen LogP contribution in [0, 0.1) is 26.2 Å². The van der Waals surface area contributed by atoms with Crippen molar-refractivity contribution in [2.75, 3.05) is 24.8 Å². The average Bonchev–Trinajstić information content (AvgIpc) is 3.05. The predicted octanol–water partition coefficient (Wildman–Crippen LogP) is 7.84. The minimum atomic E-state index is -1.01. The Bertz CT molecular complexity index is 1340. The van der Waals surface area contributed by atoms with E-state index in [4.69, 9.17) is 24.7 Å². The van der Waals surface area contributed by atoms with Crippen LogP contribution in [0.5, 0.6) is 5.75 Å². The van der Waals surface area contributed by atoms with Gasteiger partial charge in [0.2, 0.25) is 0 Å². The molecule has 1 fully saturated rings. The number of rotatable bonds is 6. The van der Waals surface area contributed by atoms with Crippen molar-refractivity contribution < 1.29 is 28.6 Å². The van der Waals surface area contributed by atoms with Gasteiger partial charge in [0.15, 0.2) is 6.10 Å². The lowest BCUT2D eigenvalue weighted by Crippen LogP contribution is -2.39. The highest BCUT2D eigenvalue weighted by Gasteiger charge is 2.34. The molecule has 2 amide bonds. The van der Waals surface area contributed by atoms with Crippen LogP contribution in [0.1, 0.15) is 108 Å². The number of nitrogens with one attached hydrogen (secondary N) is 2. The lowest BCUT2D eigenvalue weighted by atomic mass is 9.85. The van der Waals surface area contributed by atoms with Gasteiger partial charge >= 0.3 is 12.0 Å². The smallest absolute Gasteiger partial charge is 0.339 e. The minimum Gasteiger partial charge on any atom is -0.493 e. The van der Waals surface area contributed by atoms with Crippen LogP contribution in [0.2, 0.25) is 0 Å². The highest BCUT2D eigenvalue weighted by Crippen LogP contribution is 2.45. The number of terminal acetylenes is 1. The summed E-state index contributed by atoms with van der Waals surface area (Å²) in [4.78, 5) is 34.3. The number of benzene rings is 2. The Labute approximate surface area is 276 Å². The van der Waals surface area contributed by atoms with Gasteiger partial charge < -0.3 is 35.4 Å². The number of anilines is 2. The van der Waals surface area contributed by atoms with Gasteiger partial charge in [-0.25, -0.2) is 9.59 Å². The zero-order valence-corrected chi connectivity index (χ0v) is 29.4. The number of hydrogen-bond acceptors (Lipinski definition) is 7. The molecule has 2 aromatic carbocycles. The van der Waals surface area contributed by atoms with Crippen molar-refractivity contribution >= 4 is 30.2 Å². The molecule has 0 radical (unpaired) electrons. The van der Waals surface area contributed by atoms with Crippen LogP contribution in [0.15, 0.2) is 18.2 Å². The number of aryl methyl sites for hydroxylation is 1. The molecule has 0 spiro atoms. The van der Waals surface area contributed by atoms with Gasteiger partial charge in [0, 0.05) is 11.6 Å². The second kappa shape index (κ2) is 19.5. The number of amides is 2. The molecule has 2 aromatic rings. The van der Waals surface area contributed by atoms with Gasteiger partial charge in [-0.3, -0.25) is 0 Å². The molecule has 9 nitrogen and oxygen atoms in total. The Hall–Kier alpha value is -4.03. The van der Waals surface area contributed by atoms with Crippen molar-refractivity contribution in [3.63, 3.8) is 0 Å². The number of nitrogens with two attached hydrogens (primary N) is 1. The number of ether oxygens (including phenoxy) is 3. The molecule has 1 heterocycles. The van der Waals surface area contributed by atoms with Crippen molar-refractivity contribution in [1.29, 1.82) is 0 Å². The number of methoxy groups -OCH3 is 1. The molecular formula is C37H55N3O6. The Morgan fingerprint density at radius 1 is 1.09 bits per heavy atom. The molecule has 1 atom stereocenters. The number of hydrogen-bond donors (Lipinski definition) is 3. The van der Waals surface area contributed by atoms with Crippen molar-refractivity contribution in [3.05, 3.63) is 40.5 Å². The molecule has 1 unspecified atom stereocenters. The third-order valence-electron chi connectivity index (χ3n) is 7.62. The largest absolute Gasteiger partial charge is 0.493 e. The third-order valence-corrected chi connectivity index (χ3v) is 7.62. The summed E-state index contributed by atoms with van der Waals surface area (Å²) in [6, 6.07) is 5.95. The van der Waals surface area contributed by atoms with Crippen LogP contribution in [0.3, 0.4) is 0 Å². The summed E-state index contributed by atoms with van der Waals surface area (Å²) < 4.78 is 17.4. The maximum atomic E-state index is 13.2. The fourth-order valence-corrected chi connectivity index (χ4v) is 5.69. The van der Waals surface area contributed by atoms with E-state index >= 15 is 0 Å². The molecule has 4 N–H and O–H groups in total. The lowest BCUT2D eigenvalue weighted by Gasteiger charge is -2.31. The number of fused-ring (bicyclic) bond motifs is 1. The maximum absolute atomic E-state index is 13.2. The van der Waals surface area contributed by atoms with Crippen LogP contribution in [-0.2, 0) is 25.5 Å². The van der Waals surface area contributed by atoms with Gasteiger partial charge in [0.05, 0.1) is 30.7 Å². The summed E-state index contributed by atoms with van der Waals surface area (Å²) >= 11 is 0. The molecule has 4 rings (SSSR count). The number of urea groups is 1. The fraction of sp³-hybridized carbons (Fsp3) is 0.541. The highest BCUT2D eigenvalue weighted by atomic mass is 16.6. The Morgan fingerprint density at radius 2 is 1.70 bits per heavy atom. The quantitative estimate of drug-likeness (QED) is 0.167. The second-order valence-electron chi connectivity index (χ2n) is 12.0. The van der Waals surface area contributed by atoms with Crippen LogP contribution in [-0.4, -0.2) is 44.1 Å². The van der Waals surface area contributed by atoms with Gasteiger partial charge in [-0.15, -0.1) is 12.3 Å². The third kappa shape index (κ3) is 10.8. The van der Waals surface area contributed by atoms with E-state index in [1.807, 2.05) is 67.4 Å². The monoisotopic (exact) mass is 637 g/mol. The van der Waals surface area contributed by atoms with Gasteiger partial charge in [-0.2, -0.15) is 0 Å². The molecule has 9 heteroatoms. The molecule has 1 aliphatic carbocycles. The SMILES string of the molecule is C#CC.C=O.CC.COC(=O)C(OC(C)(C)C)c1c(C)c(N)c(NC(=O)NC2CCCCC2)c(C)c1-c1ccc2c(c1)CCCO2. The lowest BCUT2D eigenvalue weighted by molar-refractivity contribution is -0.164. The standard InChI is InChI=1S/C31H43N3O5.C3H4.C2H6.CH2O/c1-18-25(28(29(35)37-6)39-31(3,4)5)24(21-14-15-23-20(17-21)11-10-16-38-23)19(2)27(26(18)32)34-30(36)33-22-12-8-7-9-13-22;1-3-2;2*1-2/h14-15,17,22,28H,7-13,16,32H2,1-6H3,(H2,33,34,36);1H,2H3;1-2H3;1H2. The summed E-state index contributed by atoms with van der Waals surface area (Å²) in [5, 5.41) is 6.16. The minimum absolute atomic E-state index is 0.157. The average molecular weight is 638 g/mol. The van der Waals surface area contributed by atoms with Gasteiger partial charge in [-0.05, 0) is 107 Å². The number of carbonyl (C=O) groups excluding carboxylic acids is 3. The zero-order valence-electron chi connectivity index (χ0n) is 29.4. The summed E-state index contributed by atoms with van der Waals surface area (Å²) in [5.74, 6) is 2.61. The first-order valence-corrected chi connectivity index (χ1v) is 16.1. The molecule has 0 bridgehead atoms. The Balaban J connectivity index is 0.00000140. The van der Waals surface area contributed by atoms with Crippen LogP contribution >= 0.6 is 0 Å². The van der Waals surface area contributed by atoms with Crippen molar-refractivity contribution in [2.45, 2.75) is 118 Å². The second-order valence-corrected chi connectivity index (χ2v) is 12.0. The molecule has 2 aliphatic rings. The van der Waals surface area contributed by atoms with E-state index in [-0.39, 0.29) is 12.1 Å². The van der Waals surface area contributed by atoms with E-state index < -0.39 is 17.7 Å². The number of nitrogen functional groups attached to an aromatic ring is 1. The van der Waals surface area contributed by atoms with Crippen LogP contribution in [0.4, 0.5) is 16.2 Å². The summed E-state index contributed by atoms with van der Waals surface area (Å²) in [7, 11) is 1.36. The first-order valence-electron chi connectivity index (χ1n) is 16.1. The van der Waals surface area contributed by atoms with Crippen LogP contribution < -0.4 is 21.1 Å². The molecule has 46 heavy (non-hydrogen) atoms. The Kier molecular flexibility index (Phi) is 16.9. The van der Waals surface area contributed by atoms with Crippen molar-refractivity contribution in [2.24, 2.45) is 0 Å². The maximum Gasteiger partial charge on any atom is 0.339 e. The fourth-order valence-electron chi connectivity index (χ4n) is 5.69. The number of carbonyl (C=O) groups is 3. The first kappa shape index (κ1) is 40.0. The zero-order chi connectivity index (χ0) is 35.0. The molecule has 0 saturated heterocycles. The van der Waals surface area contributed by atoms with E-state index in [1.165, 1.54) is 13.5 Å². The van der Waals surface area contributed by atoms with Crippen molar-refractivity contribution in [3.8, 4) is 29.2 Å². The van der Waals surface area contributed by atoms with Crippen molar-refractivity contribution in [1.82, 2.24) is 5.32 Å². The van der Waals surface area contributed by atoms with Gasteiger partial charge in [0.25, 0.3) is 0 Å². The Morgan fingerprint density at radius 3 is 2.26 bits per heavy atom. The topological polar surface area (TPSA) is 129 Å². The van der Waals surface area contributed by atoms with E-state index in [0.29, 0.717) is 29.1 Å². The summed E-state index contributed by atoms with van der Waals surface area (Å²) in [6.45, 7) is 17.8. The van der Waals surface area contributed by atoms with Gasteiger partial charge in [-0.1, -0.05) is 39.2 Å². The number of esters is 1. The molecular weight excluding hydrogens is 582 g/mol. The normalized spacial score (nSPS) is 14.4. The summed E-state index contributed by atoms with van der Waals surface area (Å²) in [5.41, 5.74) is 11.9. The van der Waals surface area contributed by atoms with E-state index in [0.717, 1.165) is 66.5 Å². The van der Waals surface area contributed by atoms with E-state index in [2.05, 4.69) is 29.0 Å². The molecule has 1 saturated carbocycles. The van der Waals surface area contributed by atoms with Crippen LogP contribution in [0.25, 0.3) is 11.1 Å². The predicted molar refractivity (Wildman–Crippen MR) is 187 cm³/mol. The van der Waals surface area contributed by atoms with E-state index in [1.54, 1.807) is 6.92 Å². The van der Waals surface area contributed by atoms with Gasteiger partial charge in [0.1, 0.15) is 12.5 Å². The molecule has 254 valence electrons. The summed E-state index contributed by atoms with van der Waals surface area (Å²) in [6.07, 6.45) is 10.8.